The number of hydrogen-bond donors (Lipinski definition) is 1. The summed E-state index contributed by atoms with van der Waals surface area (Å²) in [6.45, 7) is 6.92. The van der Waals surface area contributed by atoms with E-state index in [1.807, 2.05) is 19.1 Å². The van der Waals surface area contributed by atoms with E-state index < -0.39 is 0 Å². The summed E-state index contributed by atoms with van der Waals surface area (Å²) in [6.07, 6.45) is 3.71. The minimum Gasteiger partial charge on any atom is -0.351 e. The van der Waals surface area contributed by atoms with E-state index in [0.29, 0.717) is 12.1 Å². The second-order valence-corrected chi connectivity index (χ2v) is 5.27. The van der Waals surface area contributed by atoms with Gasteiger partial charge in [-0.1, -0.05) is 29.8 Å². The molecule has 0 aliphatic heterocycles. The Morgan fingerprint density at radius 1 is 1.39 bits per heavy atom. The fraction of sp³-hybridized carbons (Fsp3) is 0.571. The van der Waals surface area contributed by atoms with Gasteiger partial charge < -0.3 is 5.32 Å². The van der Waals surface area contributed by atoms with Crippen LogP contribution in [0.25, 0.3) is 0 Å². The molecule has 1 N–H and O–H groups in total. The van der Waals surface area contributed by atoms with Gasteiger partial charge in [-0.25, -0.2) is 0 Å². The van der Waals surface area contributed by atoms with Gasteiger partial charge in [0.1, 0.15) is 0 Å². The number of aromatic nitrogens is 1. The van der Waals surface area contributed by atoms with Crippen LogP contribution < -0.4 is 5.32 Å². The Morgan fingerprint density at radius 2 is 2.06 bits per heavy atom. The van der Waals surface area contributed by atoms with E-state index in [9.17, 15) is 4.79 Å². The molecule has 4 heteroatoms. The van der Waals surface area contributed by atoms with Crippen molar-refractivity contribution in [3.8, 4) is 0 Å². The highest BCUT2D eigenvalue weighted by atomic mass is 79.9. The van der Waals surface area contributed by atoms with Crippen molar-refractivity contribution >= 4 is 21.8 Å². The van der Waals surface area contributed by atoms with Crippen LogP contribution in [-0.2, 0) is 0 Å². The predicted octanol–water partition coefficient (Wildman–Crippen LogP) is 3.32. The molecule has 0 aliphatic rings. The Kier molecular flexibility index (Phi) is 5.79. The van der Waals surface area contributed by atoms with Gasteiger partial charge in [0, 0.05) is 23.8 Å². The fourth-order valence-corrected chi connectivity index (χ4v) is 2.70. The van der Waals surface area contributed by atoms with Crippen molar-refractivity contribution in [1.82, 2.24) is 10.3 Å². The maximum atomic E-state index is 12.0. The van der Waals surface area contributed by atoms with Crippen molar-refractivity contribution in [1.29, 1.82) is 0 Å². The van der Waals surface area contributed by atoms with Gasteiger partial charge >= 0.3 is 0 Å². The van der Waals surface area contributed by atoms with E-state index in [1.54, 1.807) is 6.20 Å². The number of pyridine rings is 1. The third-order valence-electron chi connectivity index (χ3n) is 3.58. The molecule has 1 heterocycles. The van der Waals surface area contributed by atoms with E-state index in [4.69, 9.17) is 0 Å². The number of nitrogens with one attached hydrogen (secondary N) is 1. The molecule has 0 radical (unpaired) electrons. The van der Waals surface area contributed by atoms with Crippen LogP contribution >= 0.6 is 15.9 Å². The Labute approximate surface area is 118 Å². The lowest BCUT2D eigenvalue weighted by Gasteiger charge is -2.29. The number of amides is 1. The Bertz CT molecular complexity index is 377. The lowest BCUT2D eigenvalue weighted by atomic mass is 9.84. The van der Waals surface area contributed by atoms with E-state index in [-0.39, 0.29) is 11.3 Å². The summed E-state index contributed by atoms with van der Waals surface area (Å²) in [7, 11) is 0. The minimum atomic E-state index is -0.0466. The Morgan fingerprint density at radius 3 is 2.50 bits per heavy atom. The standard InChI is InChI=1S/C14H21BrN2O/c1-4-14(5-2,9-15)10-17-13(18)12-7-6-11(3)16-8-12/h6-8H,4-5,9-10H2,1-3H3,(H,17,18). The van der Waals surface area contributed by atoms with Crippen molar-refractivity contribution < 1.29 is 4.79 Å². The molecule has 1 aromatic rings. The van der Waals surface area contributed by atoms with Crippen molar-refractivity contribution in [2.75, 3.05) is 11.9 Å². The van der Waals surface area contributed by atoms with Crippen LogP contribution in [0.5, 0.6) is 0 Å². The lowest BCUT2D eigenvalue weighted by Crippen LogP contribution is -2.38. The maximum absolute atomic E-state index is 12.0. The molecule has 0 aromatic carbocycles. The number of hydrogen-bond acceptors (Lipinski definition) is 2. The van der Waals surface area contributed by atoms with E-state index in [1.165, 1.54) is 0 Å². The average Bonchev–Trinajstić information content (AvgIpc) is 2.41. The minimum absolute atomic E-state index is 0.0466. The second-order valence-electron chi connectivity index (χ2n) is 4.71. The molecule has 1 aromatic heterocycles. The smallest absolute Gasteiger partial charge is 0.252 e. The topological polar surface area (TPSA) is 42.0 Å². The fourth-order valence-electron chi connectivity index (χ4n) is 1.71. The zero-order valence-corrected chi connectivity index (χ0v) is 12.9. The highest BCUT2D eigenvalue weighted by Crippen LogP contribution is 2.27. The molecular formula is C14H21BrN2O. The van der Waals surface area contributed by atoms with E-state index in [2.05, 4.69) is 40.1 Å². The molecule has 0 fully saturated rings. The monoisotopic (exact) mass is 312 g/mol. The molecule has 3 nitrogen and oxygen atoms in total. The van der Waals surface area contributed by atoms with Gasteiger partial charge in [0.2, 0.25) is 0 Å². The Hall–Kier alpha value is -0.900. The highest BCUT2D eigenvalue weighted by molar-refractivity contribution is 9.09. The van der Waals surface area contributed by atoms with Crippen LogP contribution in [0.2, 0.25) is 0 Å². The van der Waals surface area contributed by atoms with Crippen molar-refractivity contribution in [2.45, 2.75) is 33.6 Å². The molecule has 0 bridgehead atoms. The number of alkyl halides is 1. The van der Waals surface area contributed by atoms with Gasteiger partial charge in [0.15, 0.2) is 0 Å². The van der Waals surface area contributed by atoms with Gasteiger partial charge in [0.25, 0.3) is 5.91 Å². The first-order valence-electron chi connectivity index (χ1n) is 6.33. The third-order valence-corrected chi connectivity index (χ3v) is 4.77. The van der Waals surface area contributed by atoms with Crippen LogP contribution in [0.15, 0.2) is 18.3 Å². The third kappa shape index (κ3) is 3.80. The summed E-state index contributed by atoms with van der Waals surface area (Å²) in [6, 6.07) is 3.66. The van der Waals surface area contributed by atoms with Gasteiger partial charge in [-0.3, -0.25) is 9.78 Å². The first kappa shape index (κ1) is 15.2. The van der Waals surface area contributed by atoms with E-state index >= 15 is 0 Å². The molecule has 1 rings (SSSR count). The predicted molar refractivity (Wildman–Crippen MR) is 78.1 cm³/mol. The Balaban J connectivity index is 2.63. The number of carbonyl (C=O) groups is 1. The quantitative estimate of drug-likeness (QED) is 0.819. The second kappa shape index (κ2) is 6.88. The largest absolute Gasteiger partial charge is 0.351 e. The normalized spacial score (nSPS) is 11.3. The molecule has 0 saturated heterocycles. The number of carbonyl (C=O) groups excluding carboxylic acids is 1. The molecule has 0 spiro atoms. The molecule has 100 valence electrons. The van der Waals surface area contributed by atoms with E-state index in [0.717, 1.165) is 23.9 Å². The van der Waals surface area contributed by atoms with Crippen LogP contribution in [0.4, 0.5) is 0 Å². The summed E-state index contributed by atoms with van der Waals surface area (Å²) in [5, 5.41) is 3.91. The molecule has 0 aliphatic carbocycles. The molecule has 1 amide bonds. The molecule has 18 heavy (non-hydrogen) atoms. The lowest BCUT2D eigenvalue weighted by molar-refractivity contribution is 0.0932. The van der Waals surface area contributed by atoms with Crippen LogP contribution in [0, 0.1) is 12.3 Å². The van der Waals surface area contributed by atoms with Crippen LogP contribution in [-0.4, -0.2) is 22.8 Å². The molecular weight excluding hydrogens is 292 g/mol. The first-order chi connectivity index (χ1) is 8.56. The number of aryl methyl sites for hydroxylation is 1. The number of nitrogens with zero attached hydrogens (tertiary/aromatic N) is 1. The van der Waals surface area contributed by atoms with Crippen LogP contribution in [0.1, 0.15) is 42.7 Å². The molecule has 0 saturated carbocycles. The highest BCUT2D eigenvalue weighted by Gasteiger charge is 2.25. The van der Waals surface area contributed by atoms with Gasteiger partial charge in [0.05, 0.1) is 5.56 Å². The van der Waals surface area contributed by atoms with Gasteiger partial charge in [-0.05, 0) is 37.3 Å². The molecule has 0 unspecified atom stereocenters. The zero-order valence-electron chi connectivity index (χ0n) is 11.3. The number of rotatable bonds is 6. The zero-order chi connectivity index (χ0) is 13.6. The first-order valence-corrected chi connectivity index (χ1v) is 7.46. The summed E-state index contributed by atoms with van der Waals surface area (Å²) >= 11 is 3.55. The SMILES string of the molecule is CCC(CC)(CBr)CNC(=O)c1ccc(C)nc1. The van der Waals surface area contributed by atoms with Crippen LogP contribution in [0.3, 0.4) is 0 Å². The summed E-state index contributed by atoms with van der Waals surface area (Å²) in [4.78, 5) is 16.1. The molecule has 0 atom stereocenters. The average molecular weight is 313 g/mol. The number of halogens is 1. The van der Waals surface area contributed by atoms with Crippen molar-refractivity contribution in [3.05, 3.63) is 29.6 Å². The summed E-state index contributed by atoms with van der Waals surface area (Å²) in [5.74, 6) is -0.0466. The van der Waals surface area contributed by atoms with Gasteiger partial charge in [-0.15, -0.1) is 0 Å². The van der Waals surface area contributed by atoms with Gasteiger partial charge in [-0.2, -0.15) is 0 Å². The summed E-state index contributed by atoms with van der Waals surface area (Å²) in [5.41, 5.74) is 1.69. The maximum Gasteiger partial charge on any atom is 0.252 e. The van der Waals surface area contributed by atoms with Crippen molar-refractivity contribution in [2.24, 2.45) is 5.41 Å². The van der Waals surface area contributed by atoms with Crippen molar-refractivity contribution in [3.63, 3.8) is 0 Å². The summed E-state index contributed by atoms with van der Waals surface area (Å²) < 4.78 is 0.